The quantitative estimate of drug-likeness (QED) is 0.389. The van der Waals surface area contributed by atoms with Gasteiger partial charge in [-0.2, -0.15) is 4.80 Å². The molecule has 0 bridgehead atoms. The molecule has 42 heavy (non-hydrogen) atoms. The van der Waals surface area contributed by atoms with Crippen LogP contribution in [0.1, 0.15) is 60.4 Å². The summed E-state index contributed by atoms with van der Waals surface area (Å²) in [5.74, 6) is -2.41. The van der Waals surface area contributed by atoms with Gasteiger partial charge in [0.1, 0.15) is 23.2 Å². The molecule has 3 N–H and O–H groups in total. The predicted molar refractivity (Wildman–Crippen MR) is 150 cm³/mol. The fourth-order valence-corrected chi connectivity index (χ4v) is 5.03. The largest absolute Gasteiger partial charge is 0.479 e. The second-order valence-electron chi connectivity index (χ2n) is 12.8. The molecule has 1 aliphatic carbocycles. The number of hydrogen-bond donors (Lipinski definition) is 3. The number of carboxylic acid groups (broad SMARTS) is 1. The Labute approximate surface area is 243 Å². The van der Waals surface area contributed by atoms with E-state index in [0.29, 0.717) is 11.4 Å². The van der Waals surface area contributed by atoms with Crippen molar-refractivity contribution in [2.24, 2.45) is 11.3 Å². The number of amides is 3. The van der Waals surface area contributed by atoms with E-state index in [1.807, 2.05) is 0 Å². The normalized spacial score (nSPS) is 24.4. The van der Waals surface area contributed by atoms with Crippen LogP contribution in [0.4, 0.5) is 4.79 Å². The van der Waals surface area contributed by atoms with Gasteiger partial charge in [-0.05, 0) is 50.0 Å². The van der Waals surface area contributed by atoms with Gasteiger partial charge in [0, 0.05) is 36.8 Å². The number of hydrogen-bond acceptors (Lipinski definition) is 9. The van der Waals surface area contributed by atoms with Crippen LogP contribution in [-0.4, -0.2) is 88.8 Å². The van der Waals surface area contributed by atoms with Crippen molar-refractivity contribution in [2.45, 2.75) is 83.6 Å². The van der Waals surface area contributed by atoms with Gasteiger partial charge in [-0.15, -0.1) is 16.8 Å². The highest BCUT2D eigenvalue weighted by Gasteiger charge is 2.61. The summed E-state index contributed by atoms with van der Waals surface area (Å²) in [6, 6.07) is 0.786. The summed E-state index contributed by atoms with van der Waals surface area (Å²) in [4.78, 5) is 59.3. The van der Waals surface area contributed by atoms with Gasteiger partial charge >= 0.3 is 12.1 Å². The van der Waals surface area contributed by atoms with Crippen LogP contribution in [0.5, 0.6) is 0 Å². The summed E-state index contributed by atoms with van der Waals surface area (Å²) in [6.07, 6.45) is 4.22. The Bertz CT molecular complexity index is 1360. The number of alkyl carbamates (subject to hydrolysis) is 1. The smallest absolute Gasteiger partial charge is 0.408 e. The third-order valence-electron chi connectivity index (χ3n) is 7.36. The Balaban J connectivity index is 1.64. The minimum atomic E-state index is -1.48. The van der Waals surface area contributed by atoms with Crippen LogP contribution < -0.4 is 10.6 Å². The van der Waals surface area contributed by atoms with Crippen molar-refractivity contribution >= 4 is 23.9 Å². The zero-order chi connectivity index (χ0) is 31.0. The molecule has 3 heterocycles. The third-order valence-corrected chi connectivity index (χ3v) is 7.36. The van der Waals surface area contributed by atoms with Gasteiger partial charge in [0.05, 0.1) is 6.04 Å². The molecule has 5 unspecified atom stereocenters. The maximum absolute atomic E-state index is 14.1. The Morgan fingerprint density at radius 3 is 2.38 bits per heavy atom. The Hall–Kier alpha value is -4.36. The molecule has 0 radical (unpaired) electrons. The highest BCUT2D eigenvalue weighted by atomic mass is 16.6. The maximum atomic E-state index is 14.1. The lowest BCUT2D eigenvalue weighted by atomic mass is 9.85. The molecule has 2 aromatic heterocycles. The first-order valence-electron chi connectivity index (χ1n) is 13.7. The lowest BCUT2D eigenvalue weighted by molar-refractivity contribution is -0.146. The van der Waals surface area contributed by atoms with Crippen LogP contribution in [-0.2, 0) is 19.1 Å². The van der Waals surface area contributed by atoms with Crippen molar-refractivity contribution in [3.8, 4) is 11.4 Å². The molecule has 1 aliphatic heterocycles. The molecular weight excluding hydrogens is 544 g/mol. The maximum Gasteiger partial charge on any atom is 0.408 e. The molecule has 14 heteroatoms. The second-order valence-corrected chi connectivity index (χ2v) is 12.8. The summed E-state index contributed by atoms with van der Waals surface area (Å²) in [6.45, 7) is 14.2. The number of carboxylic acids is 1. The van der Waals surface area contributed by atoms with Crippen molar-refractivity contribution < 1.29 is 29.0 Å². The number of rotatable bonds is 8. The van der Waals surface area contributed by atoms with Crippen molar-refractivity contribution in [2.75, 3.05) is 6.54 Å². The summed E-state index contributed by atoms with van der Waals surface area (Å²) in [7, 11) is 0. The van der Waals surface area contributed by atoms with Gasteiger partial charge in [-0.3, -0.25) is 14.6 Å². The molecule has 0 aromatic carbocycles. The Morgan fingerprint density at radius 2 is 1.83 bits per heavy atom. The monoisotopic (exact) mass is 582 g/mol. The van der Waals surface area contributed by atoms with E-state index in [-0.39, 0.29) is 19.4 Å². The van der Waals surface area contributed by atoms with E-state index in [4.69, 9.17) is 4.74 Å². The van der Waals surface area contributed by atoms with E-state index < -0.39 is 64.5 Å². The topological polar surface area (TPSA) is 182 Å². The predicted octanol–water partition coefficient (Wildman–Crippen LogP) is 1.96. The summed E-state index contributed by atoms with van der Waals surface area (Å²) >= 11 is 0. The highest BCUT2D eigenvalue weighted by molar-refractivity contribution is 5.96. The number of ether oxygens (including phenoxy) is 1. The fraction of sp³-hybridized carbons (Fsp3) is 0.571. The third kappa shape index (κ3) is 6.42. The standard InChI is InChI=1S/C28H38N8O6/c1-8-17-14-28(17,24(39)40)31-22(37)19-13-18(36-33-21(32-34-36)16-9-11-29-12-10-16)15-35(19)23(38)20(26(2,3)4)30-25(41)42-27(5,6)7/h8-12,17-20H,1,13-15H2,2-7H3,(H,30,41)(H,31,37)(H,39,40). The zero-order valence-electron chi connectivity index (χ0n) is 24.7. The number of tetrazole rings is 1. The van der Waals surface area contributed by atoms with Crippen molar-refractivity contribution in [1.82, 2.24) is 40.7 Å². The average molecular weight is 583 g/mol. The van der Waals surface area contributed by atoms with Crippen LogP contribution in [0, 0.1) is 11.3 Å². The van der Waals surface area contributed by atoms with Gasteiger partial charge in [0.2, 0.25) is 17.6 Å². The number of nitrogens with one attached hydrogen (secondary N) is 2. The second kappa shape index (κ2) is 11.1. The lowest BCUT2D eigenvalue weighted by Crippen LogP contribution is -2.59. The summed E-state index contributed by atoms with van der Waals surface area (Å²) in [5, 5.41) is 28.0. The van der Waals surface area contributed by atoms with Gasteiger partial charge in [-0.25, -0.2) is 9.59 Å². The fourth-order valence-electron chi connectivity index (χ4n) is 5.03. The van der Waals surface area contributed by atoms with E-state index in [1.165, 1.54) is 15.8 Å². The molecule has 1 saturated heterocycles. The van der Waals surface area contributed by atoms with E-state index in [9.17, 15) is 24.3 Å². The van der Waals surface area contributed by atoms with Crippen molar-refractivity contribution in [3.05, 3.63) is 37.2 Å². The Kier molecular flexibility index (Phi) is 8.11. The molecule has 226 valence electrons. The van der Waals surface area contributed by atoms with Gasteiger partial charge in [0.25, 0.3) is 0 Å². The minimum Gasteiger partial charge on any atom is -0.479 e. The highest BCUT2D eigenvalue weighted by Crippen LogP contribution is 2.45. The number of nitrogens with zero attached hydrogens (tertiary/aromatic N) is 6. The first-order chi connectivity index (χ1) is 19.6. The molecule has 3 amide bonds. The number of carbonyl (C=O) groups is 4. The van der Waals surface area contributed by atoms with Crippen LogP contribution in [0.25, 0.3) is 11.4 Å². The summed E-state index contributed by atoms with van der Waals surface area (Å²) in [5.41, 5.74) is -2.35. The molecule has 2 fully saturated rings. The SMILES string of the molecule is C=CC1CC1(NC(=O)C1CC(n2nnc(-c3ccncc3)n2)CN1C(=O)C(NC(=O)OC(C)(C)C)C(C)(C)C)C(=O)O. The van der Waals surface area contributed by atoms with Crippen LogP contribution in [0.15, 0.2) is 37.2 Å². The molecule has 14 nitrogen and oxygen atoms in total. The number of pyridine rings is 1. The van der Waals surface area contributed by atoms with Gasteiger partial charge in [0.15, 0.2) is 0 Å². The average Bonchev–Trinajstić information content (AvgIpc) is 3.22. The minimum absolute atomic E-state index is 0.0244. The molecule has 2 aromatic rings. The van der Waals surface area contributed by atoms with Crippen LogP contribution in [0.2, 0.25) is 0 Å². The number of likely N-dealkylation sites (tertiary alicyclic amines) is 1. The molecule has 1 saturated carbocycles. The van der Waals surface area contributed by atoms with E-state index in [1.54, 1.807) is 66.1 Å². The van der Waals surface area contributed by atoms with E-state index >= 15 is 0 Å². The van der Waals surface area contributed by atoms with Crippen LogP contribution in [0.3, 0.4) is 0 Å². The number of aromatic nitrogens is 5. The zero-order valence-corrected chi connectivity index (χ0v) is 24.7. The first kappa shape index (κ1) is 30.6. The van der Waals surface area contributed by atoms with Crippen LogP contribution >= 0.6 is 0 Å². The van der Waals surface area contributed by atoms with E-state index in [0.717, 1.165) is 0 Å². The first-order valence-corrected chi connectivity index (χ1v) is 13.7. The lowest BCUT2D eigenvalue weighted by Gasteiger charge is -2.36. The molecule has 2 aliphatic rings. The van der Waals surface area contributed by atoms with E-state index in [2.05, 4.69) is 37.6 Å². The number of aliphatic carboxylic acids is 1. The van der Waals surface area contributed by atoms with Gasteiger partial charge in [-0.1, -0.05) is 26.8 Å². The van der Waals surface area contributed by atoms with Crippen molar-refractivity contribution in [3.63, 3.8) is 0 Å². The van der Waals surface area contributed by atoms with Crippen molar-refractivity contribution in [1.29, 1.82) is 0 Å². The van der Waals surface area contributed by atoms with Gasteiger partial charge < -0.3 is 25.4 Å². The molecule has 4 rings (SSSR count). The molecular formula is C28H38N8O6. The Morgan fingerprint density at radius 1 is 1.17 bits per heavy atom. The summed E-state index contributed by atoms with van der Waals surface area (Å²) < 4.78 is 5.40. The molecule has 5 atom stereocenters. The number of carbonyl (C=O) groups excluding carboxylic acids is 3. The molecule has 0 spiro atoms.